The molecule has 23 heavy (non-hydrogen) atoms. The van der Waals surface area contributed by atoms with Crippen molar-refractivity contribution >= 4 is 17.5 Å². The first-order chi connectivity index (χ1) is 10.9. The minimum Gasteiger partial charge on any atom is -0.389 e. The number of hydrogen-bond donors (Lipinski definition) is 0. The molecule has 0 bridgehead atoms. The summed E-state index contributed by atoms with van der Waals surface area (Å²) < 4.78 is 0. The third-order valence-corrected chi connectivity index (χ3v) is 4.36. The molecule has 0 unspecified atom stereocenters. The molecule has 8 nitrogen and oxygen atoms in total. The largest absolute Gasteiger partial charge is 0.389 e. The van der Waals surface area contributed by atoms with E-state index >= 15 is 0 Å². The van der Waals surface area contributed by atoms with Crippen LogP contribution in [-0.2, 0) is 9.63 Å². The van der Waals surface area contributed by atoms with E-state index in [4.69, 9.17) is 4.84 Å². The average molecular weight is 317 g/mol. The molecular formula is C15H19N5O3. The molecule has 0 radical (unpaired) electrons. The number of nitrogens with zero attached hydrogens (tertiary/aromatic N) is 5. The van der Waals surface area contributed by atoms with Gasteiger partial charge in [-0.1, -0.05) is 5.16 Å². The molecule has 1 aromatic heterocycles. The van der Waals surface area contributed by atoms with Crippen LogP contribution >= 0.6 is 0 Å². The fourth-order valence-corrected chi connectivity index (χ4v) is 2.83. The van der Waals surface area contributed by atoms with Crippen LogP contribution in [0.2, 0.25) is 0 Å². The molecule has 0 spiro atoms. The number of carbonyl (C=O) groups excluding carboxylic acids is 2. The molecule has 3 heterocycles. The Bertz CT molecular complexity index is 700. The molecule has 2 aliphatic rings. The lowest BCUT2D eigenvalue weighted by molar-refractivity contribution is -0.122. The molecule has 1 saturated heterocycles. The van der Waals surface area contributed by atoms with Crippen LogP contribution in [-0.4, -0.2) is 70.6 Å². The highest BCUT2D eigenvalue weighted by atomic mass is 16.6. The number of rotatable bonds is 2. The highest BCUT2D eigenvalue weighted by Gasteiger charge is 2.47. The molecule has 1 aromatic rings. The molecule has 0 aromatic carbocycles. The van der Waals surface area contributed by atoms with E-state index < -0.39 is 0 Å². The van der Waals surface area contributed by atoms with Crippen LogP contribution in [0, 0.1) is 19.8 Å². The van der Waals surface area contributed by atoms with E-state index in [0.717, 1.165) is 11.3 Å². The Morgan fingerprint density at radius 2 is 2.00 bits per heavy atom. The van der Waals surface area contributed by atoms with Crippen molar-refractivity contribution in [3.63, 3.8) is 0 Å². The van der Waals surface area contributed by atoms with Gasteiger partial charge in [0.25, 0.3) is 11.8 Å². The van der Waals surface area contributed by atoms with E-state index in [9.17, 15) is 9.59 Å². The summed E-state index contributed by atoms with van der Waals surface area (Å²) in [4.78, 5) is 41.5. The number of amides is 2. The van der Waals surface area contributed by atoms with Crippen molar-refractivity contribution in [1.82, 2.24) is 19.8 Å². The Morgan fingerprint density at radius 3 is 2.70 bits per heavy atom. The van der Waals surface area contributed by atoms with Crippen molar-refractivity contribution in [3.8, 4) is 0 Å². The van der Waals surface area contributed by atoms with Crippen LogP contribution in [0.25, 0.3) is 0 Å². The maximum absolute atomic E-state index is 12.7. The first-order valence-corrected chi connectivity index (χ1v) is 7.43. The molecule has 1 fully saturated rings. The molecule has 3 rings (SSSR count). The van der Waals surface area contributed by atoms with Gasteiger partial charge in [0.05, 0.1) is 12.5 Å². The summed E-state index contributed by atoms with van der Waals surface area (Å²) in [7, 11) is 3.34. The SMILES string of the molecule is Cc1ncnc(C(=O)N2C[C@@H]3C(C(=O)N(C)C)=NO[C@@H]3C2)c1C. The number of aromatic nitrogens is 2. The van der Waals surface area contributed by atoms with Gasteiger partial charge in [0.2, 0.25) is 0 Å². The van der Waals surface area contributed by atoms with Gasteiger partial charge in [-0.15, -0.1) is 0 Å². The predicted molar refractivity (Wildman–Crippen MR) is 81.9 cm³/mol. The highest BCUT2D eigenvalue weighted by molar-refractivity contribution is 6.40. The second-order valence-corrected chi connectivity index (χ2v) is 6.07. The van der Waals surface area contributed by atoms with Crippen LogP contribution in [0.3, 0.4) is 0 Å². The number of carbonyl (C=O) groups is 2. The topological polar surface area (TPSA) is 88.0 Å². The molecule has 122 valence electrons. The van der Waals surface area contributed by atoms with E-state index in [1.54, 1.807) is 19.0 Å². The lowest BCUT2D eigenvalue weighted by Gasteiger charge is -2.18. The van der Waals surface area contributed by atoms with Crippen LogP contribution < -0.4 is 0 Å². The van der Waals surface area contributed by atoms with Crippen LogP contribution in [0.15, 0.2) is 11.5 Å². The van der Waals surface area contributed by atoms with Gasteiger partial charge in [-0.2, -0.15) is 0 Å². The minimum atomic E-state index is -0.263. The number of aryl methyl sites for hydroxylation is 1. The normalized spacial score (nSPS) is 22.4. The van der Waals surface area contributed by atoms with Crippen molar-refractivity contribution in [1.29, 1.82) is 0 Å². The average Bonchev–Trinajstić information content (AvgIpc) is 3.08. The summed E-state index contributed by atoms with van der Waals surface area (Å²) in [5, 5.41) is 3.90. The Hall–Kier alpha value is -2.51. The maximum atomic E-state index is 12.7. The van der Waals surface area contributed by atoms with Crippen molar-refractivity contribution in [3.05, 3.63) is 23.3 Å². The van der Waals surface area contributed by atoms with E-state index in [0.29, 0.717) is 24.5 Å². The maximum Gasteiger partial charge on any atom is 0.273 e. The zero-order valence-electron chi connectivity index (χ0n) is 13.6. The van der Waals surface area contributed by atoms with Crippen molar-refractivity contribution < 1.29 is 14.4 Å². The van der Waals surface area contributed by atoms with Gasteiger partial charge in [-0.3, -0.25) is 9.59 Å². The molecular weight excluding hydrogens is 298 g/mol. The van der Waals surface area contributed by atoms with Gasteiger partial charge >= 0.3 is 0 Å². The van der Waals surface area contributed by atoms with Gasteiger partial charge < -0.3 is 14.6 Å². The summed E-state index contributed by atoms with van der Waals surface area (Å²) in [5.74, 6) is -0.527. The van der Waals surface area contributed by atoms with E-state index in [1.807, 2.05) is 13.8 Å². The Labute approximate surface area is 134 Å². The zero-order valence-corrected chi connectivity index (χ0v) is 13.6. The summed E-state index contributed by atoms with van der Waals surface area (Å²) in [6.07, 6.45) is 1.13. The summed E-state index contributed by atoms with van der Waals surface area (Å²) in [6.45, 7) is 4.48. The van der Waals surface area contributed by atoms with Crippen molar-refractivity contribution in [2.75, 3.05) is 27.2 Å². The number of oxime groups is 1. The van der Waals surface area contributed by atoms with E-state index in [-0.39, 0.29) is 23.8 Å². The van der Waals surface area contributed by atoms with E-state index in [2.05, 4.69) is 15.1 Å². The smallest absolute Gasteiger partial charge is 0.273 e. The molecule has 2 aliphatic heterocycles. The standard InChI is InChI=1S/C15H19N5O3/c1-8-9(2)16-7-17-12(8)15(22)20-5-10-11(6-20)23-18-13(10)14(21)19(3)4/h7,10-11H,5-6H2,1-4H3/t10-,11+/m0/s1. The molecule has 0 saturated carbocycles. The number of likely N-dealkylation sites (tertiary alicyclic amines) is 1. The quantitative estimate of drug-likeness (QED) is 0.766. The Balaban J connectivity index is 1.78. The van der Waals surface area contributed by atoms with E-state index in [1.165, 1.54) is 11.2 Å². The second-order valence-electron chi connectivity index (χ2n) is 6.07. The third-order valence-electron chi connectivity index (χ3n) is 4.36. The predicted octanol–water partition coefficient (Wildman–Crippen LogP) is 0.00844. The first-order valence-electron chi connectivity index (χ1n) is 7.43. The molecule has 0 N–H and O–H groups in total. The Morgan fingerprint density at radius 1 is 1.26 bits per heavy atom. The highest BCUT2D eigenvalue weighted by Crippen LogP contribution is 2.29. The van der Waals surface area contributed by atoms with Gasteiger partial charge in [0.15, 0.2) is 11.8 Å². The zero-order chi connectivity index (χ0) is 16.7. The van der Waals surface area contributed by atoms with Crippen molar-refractivity contribution in [2.45, 2.75) is 20.0 Å². The lowest BCUT2D eigenvalue weighted by Crippen LogP contribution is -2.37. The van der Waals surface area contributed by atoms with Crippen LogP contribution in [0.1, 0.15) is 21.7 Å². The first kappa shape index (κ1) is 15.4. The summed E-state index contributed by atoms with van der Waals surface area (Å²) in [5.41, 5.74) is 2.33. The monoisotopic (exact) mass is 317 g/mol. The number of fused-ring (bicyclic) bond motifs is 1. The molecule has 2 amide bonds. The van der Waals surface area contributed by atoms with Crippen LogP contribution in [0.5, 0.6) is 0 Å². The van der Waals surface area contributed by atoms with Gasteiger partial charge in [0.1, 0.15) is 12.0 Å². The summed E-state index contributed by atoms with van der Waals surface area (Å²) >= 11 is 0. The summed E-state index contributed by atoms with van der Waals surface area (Å²) in [6, 6.07) is 0. The molecule has 8 heteroatoms. The molecule has 2 atom stereocenters. The second kappa shape index (κ2) is 5.60. The third kappa shape index (κ3) is 2.54. The minimum absolute atomic E-state index is 0.164. The molecule has 0 aliphatic carbocycles. The fraction of sp³-hybridized carbons (Fsp3) is 0.533. The number of hydrogen-bond acceptors (Lipinski definition) is 6. The van der Waals surface area contributed by atoms with Gasteiger partial charge in [-0.05, 0) is 13.8 Å². The lowest BCUT2D eigenvalue weighted by atomic mass is 10.00. The van der Waals surface area contributed by atoms with Gasteiger partial charge in [0, 0.05) is 31.9 Å². The van der Waals surface area contributed by atoms with Gasteiger partial charge in [-0.25, -0.2) is 9.97 Å². The fourth-order valence-electron chi connectivity index (χ4n) is 2.83. The van der Waals surface area contributed by atoms with Crippen LogP contribution in [0.4, 0.5) is 0 Å². The Kier molecular flexibility index (Phi) is 3.75. The van der Waals surface area contributed by atoms with Crippen molar-refractivity contribution in [2.24, 2.45) is 11.1 Å².